The SMILES string of the molecule is CCN(CC)c1ccc2c(C)c(/C=C/Cc3ccc(C(=O)O)cc3)c(=O)oc2c1. The van der Waals surface area contributed by atoms with Gasteiger partial charge in [0.25, 0.3) is 0 Å². The molecule has 0 radical (unpaired) electrons. The van der Waals surface area contributed by atoms with E-state index in [2.05, 4.69) is 24.8 Å². The molecule has 0 aliphatic rings. The van der Waals surface area contributed by atoms with Crippen molar-refractivity contribution in [1.82, 2.24) is 0 Å². The number of allylic oxidation sites excluding steroid dienone is 1. The number of aryl methyl sites for hydroxylation is 1. The van der Waals surface area contributed by atoms with E-state index < -0.39 is 5.97 Å². The fourth-order valence-electron chi connectivity index (χ4n) is 3.43. The van der Waals surface area contributed by atoms with Gasteiger partial charge in [0.1, 0.15) is 5.58 Å². The number of carboxylic acids is 1. The Labute approximate surface area is 169 Å². The summed E-state index contributed by atoms with van der Waals surface area (Å²) in [6.45, 7) is 7.90. The molecular weight excluding hydrogens is 366 g/mol. The third kappa shape index (κ3) is 4.40. The lowest BCUT2D eigenvalue weighted by atomic mass is 10.0. The summed E-state index contributed by atoms with van der Waals surface area (Å²) in [5, 5.41) is 9.88. The molecule has 5 heteroatoms. The zero-order chi connectivity index (χ0) is 21.0. The standard InChI is InChI=1S/C24H25NO4/c1-4-25(5-2)19-13-14-20-16(3)21(24(28)29-22(20)15-19)8-6-7-17-9-11-18(12-10-17)23(26)27/h6,8-15H,4-5,7H2,1-3H3,(H,26,27)/b8-6+. The van der Waals surface area contributed by atoms with Crippen molar-refractivity contribution in [3.05, 3.63) is 81.2 Å². The number of benzene rings is 2. The smallest absolute Gasteiger partial charge is 0.343 e. The number of aromatic carboxylic acids is 1. The summed E-state index contributed by atoms with van der Waals surface area (Å²) in [6, 6.07) is 12.7. The quantitative estimate of drug-likeness (QED) is 0.580. The molecule has 1 aromatic heterocycles. The summed E-state index contributed by atoms with van der Waals surface area (Å²) in [7, 11) is 0. The predicted octanol–water partition coefficient (Wildman–Crippen LogP) is 4.90. The van der Waals surface area contributed by atoms with E-state index in [1.807, 2.05) is 25.1 Å². The van der Waals surface area contributed by atoms with E-state index in [9.17, 15) is 9.59 Å². The maximum atomic E-state index is 12.5. The second-order valence-corrected chi connectivity index (χ2v) is 6.89. The number of fused-ring (bicyclic) bond motifs is 1. The van der Waals surface area contributed by atoms with Gasteiger partial charge in [-0.2, -0.15) is 0 Å². The van der Waals surface area contributed by atoms with Gasteiger partial charge in [-0.25, -0.2) is 9.59 Å². The molecule has 0 amide bonds. The maximum Gasteiger partial charge on any atom is 0.343 e. The fraction of sp³-hybridized carbons (Fsp3) is 0.250. The van der Waals surface area contributed by atoms with Gasteiger partial charge in [-0.1, -0.05) is 24.3 Å². The second kappa shape index (κ2) is 8.78. The molecule has 3 rings (SSSR count). The van der Waals surface area contributed by atoms with E-state index in [0.29, 0.717) is 17.6 Å². The highest BCUT2D eigenvalue weighted by Gasteiger charge is 2.11. The first-order chi connectivity index (χ1) is 13.9. The molecule has 0 atom stereocenters. The van der Waals surface area contributed by atoms with Crippen LogP contribution < -0.4 is 10.5 Å². The highest BCUT2D eigenvalue weighted by molar-refractivity contribution is 5.87. The van der Waals surface area contributed by atoms with Gasteiger partial charge in [0.2, 0.25) is 0 Å². The van der Waals surface area contributed by atoms with Crippen LogP contribution in [0.5, 0.6) is 0 Å². The van der Waals surface area contributed by atoms with Gasteiger partial charge in [-0.15, -0.1) is 0 Å². The van der Waals surface area contributed by atoms with Crippen molar-refractivity contribution in [1.29, 1.82) is 0 Å². The van der Waals surface area contributed by atoms with Crippen molar-refractivity contribution < 1.29 is 14.3 Å². The van der Waals surface area contributed by atoms with E-state index in [-0.39, 0.29) is 11.2 Å². The van der Waals surface area contributed by atoms with Crippen LogP contribution in [0.4, 0.5) is 5.69 Å². The molecule has 0 spiro atoms. The zero-order valence-electron chi connectivity index (χ0n) is 16.9. The average Bonchev–Trinajstić information content (AvgIpc) is 2.71. The van der Waals surface area contributed by atoms with Crippen LogP contribution in [0.25, 0.3) is 17.0 Å². The van der Waals surface area contributed by atoms with Crippen molar-refractivity contribution in [2.24, 2.45) is 0 Å². The third-order valence-electron chi connectivity index (χ3n) is 5.16. The van der Waals surface area contributed by atoms with Crippen molar-refractivity contribution in [3.63, 3.8) is 0 Å². The minimum absolute atomic E-state index is 0.257. The summed E-state index contributed by atoms with van der Waals surface area (Å²) in [5.41, 5.74) is 3.93. The normalized spacial score (nSPS) is 11.3. The van der Waals surface area contributed by atoms with E-state index in [1.54, 1.807) is 30.3 Å². The van der Waals surface area contributed by atoms with Crippen LogP contribution in [0.1, 0.15) is 40.9 Å². The van der Waals surface area contributed by atoms with E-state index in [4.69, 9.17) is 9.52 Å². The van der Waals surface area contributed by atoms with Crippen LogP contribution >= 0.6 is 0 Å². The zero-order valence-corrected chi connectivity index (χ0v) is 16.9. The first-order valence-corrected chi connectivity index (χ1v) is 9.75. The van der Waals surface area contributed by atoms with Gasteiger partial charge < -0.3 is 14.4 Å². The molecule has 0 aliphatic heterocycles. The Morgan fingerprint density at radius 3 is 2.41 bits per heavy atom. The molecule has 1 N–H and O–H groups in total. The molecule has 5 nitrogen and oxygen atoms in total. The number of hydrogen-bond acceptors (Lipinski definition) is 4. The van der Waals surface area contributed by atoms with Gasteiger partial charge in [-0.05, 0) is 62.6 Å². The summed E-state index contributed by atoms with van der Waals surface area (Å²) < 4.78 is 5.60. The Kier molecular flexibility index (Phi) is 6.17. The van der Waals surface area contributed by atoms with Crippen LogP contribution in [0.2, 0.25) is 0 Å². The molecule has 29 heavy (non-hydrogen) atoms. The summed E-state index contributed by atoms with van der Waals surface area (Å²) in [4.78, 5) is 25.7. The van der Waals surface area contributed by atoms with E-state index in [1.165, 1.54) is 0 Å². The Bertz CT molecular complexity index is 1110. The topological polar surface area (TPSA) is 70.8 Å². The molecule has 1 heterocycles. The molecule has 3 aromatic rings. The van der Waals surface area contributed by atoms with Crippen molar-refractivity contribution >= 4 is 28.7 Å². The van der Waals surface area contributed by atoms with Gasteiger partial charge in [0.15, 0.2) is 0 Å². The van der Waals surface area contributed by atoms with Crippen molar-refractivity contribution in [2.75, 3.05) is 18.0 Å². The largest absolute Gasteiger partial charge is 0.478 e. The van der Waals surface area contributed by atoms with Gasteiger partial charge in [-0.3, -0.25) is 0 Å². The monoisotopic (exact) mass is 391 g/mol. The lowest BCUT2D eigenvalue weighted by Crippen LogP contribution is -2.21. The molecule has 0 unspecified atom stereocenters. The number of nitrogens with zero attached hydrogens (tertiary/aromatic N) is 1. The summed E-state index contributed by atoms with van der Waals surface area (Å²) >= 11 is 0. The molecule has 150 valence electrons. The number of anilines is 1. The summed E-state index contributed by atoms with van der Waals surface area (Å²) in [5.74, 6) is -0.944. The van der Waals surface area contributed by atoms with E-state index >= 15 is 0 Å². The Balaban J connectivity index is 1.87. The lowest BCUT2D eigenvalue weighted by Gasteiger charge is -2.21. The van der Waals surface area contributed by atoms with Crippen molar-refractivity contribution in [2.45, 2.75) is 27.2 Å². The summed E-state index contributed by atoms with van der Waals surface area (Å²) in [6.07, 6.45) is 4.27. The van der Waals surface area contributed by atoms with Gasteiger partial charge >= 0.3 is 11.6 Å². The predicted molar refractivity (Wildman–Crippen MR) is 117 cm³/mol. The average molecular weight is 391 g/mol. The van der Waals surface area contributed by atoms with Crippen LogP contribution in [-0.4, -0.2) is 24.2 Å². The molecule has 0 saturated carbocycles. The number of hydrogen-bond donors (Lipinski definition) is 1. The van der Waals surface area contributed by atoms with Crippen LogP contribution in [-0.2, 0) is 6.42 Å². The Morgan fingerprint density at radius 2 is 1.79 bits per heavy atom. The highest BCUT2D eigenvalue weighted by atomic mass is 16.4. The van der Waals surface area contributed by atoms with Crippen LogP contribution in [0.15, 0.2) is 57.8 Å². The first kappa shape index (κ1) is 20.4. The minimum Gasteiger partial charge on any atom is -0.478 e. The minimum atomic E-state index is -0.944. The molecule has 0 bridgehead atoms. The van der Waals surface area contributed by atoms with Crippen LogP contribution in [0.3, 0.4) is 0 Å². The fourth-order valence-corrected chi connectivity index (χ4v) is 3.43. The second-order valence-electron chi connectivity index (χ2n) is 6.89. The Morgan fingerprint density at radius 1 is 1.10 bits per heavy atom. The van der Waals surface area contributed by atoms with Crippen LogP contribution in [0, 0.1) is 6.92 Å². The maximum absolute atomic E-state index is 12.5. The number of carboxylic acid groups (broad SMARTS) is 1. The molecular formula is C24H25NO4. The van der Waals surface area contributed by atoms with Gasteiger partial charge in [0, 0.05) is 30.2 Å². The van der Waals surface area contributed by atoms with E-state index in [0.717, 1.165) is 35.3 Å². The van der Waals surface area contributed by atoms with Gasteiger partial charge in [0.05, 0.1) is 11.1 Å². The number of carbonyl (C=O) groups is 1. The molecule has 0 fully saturated rings. The Hall–Kier alpha value is -3.34. The molecule has 0 saturated heterocycles. The third-order valence-corrected chi connectivity index (χ3v) is 5.16. The molecule has 0 aliphatic carbocycles. The molecule has 2 aromatic carbocycles. The first-order valence-electron chi connectivity index (χ1n) is 9.75. The highest BCUT2D eigenvalue weighted by Crippen LogP contribution is 2.25. The lowest BCUT2D eigenvalue weighted by molar-refractivity contribution is 0.0697. The number of rotatable bonds is 7. The van der Waals surface area contributed by atoms with Crippen molar-refractivity contribution in [3.8, 4) is 0 Å².